The summed E-state index contributed by atoms with van der Waals surface area (Å²) in [6.45, 7) is 4.89. The van der Waals surface area contributed by atoms with Gasteiger partial charge in [-0.1, -0.05) is 80.1 Å². The van der Waals surface area contributed by atoms with Crippen molar-refractivity contribution in [3.63, 3.8) is 0 Å². The maximum Gasteiger partial charge on any atom is 0.243 e. The third-order valence-electron chi connectivity index (χ3n) is 7.85. The van der Waals surface area contributed by atoms with Gasteiger partial charge >= 0.3 is 0 Å². The number of aryl methyl sites for hydroxylation is 1. The van der Waals surface area contributed by atoms with Crippen LogP contribution in [0.25, 0.3) is 0 Å². The first-order chi connectivity index (χ1) is 18.9. The fraction of sp³-hybridized carbons (Fsp3) is 0.438. The summed E-state index contributed by atoms with van der Waals surface area (Å²) in [6, 6.07) is 16.8. The van der Waals surface area contributed by atoms with Gasteiger partial charge in [0.05, 0.1) is 11.8 Å². The van der Waals surface area contributed by atoms with Crippen LogP contribution >= 0.6 is 0 Å². The Morgan fingerprint density at radius 3 is 2.26 bits per heavy atom. The van der Waals surface area contributed by atoms with E-state index in [1.807, 2.05) is 73.7 Å². The van der Waals surface area contributed by atoms with Gasteiger partial charge in [-0.25, -0.2) is 0 Å². The number of amides is 4. The number of carbonyl (C=O) groups is 4. The van der Waals surface area contributed by atoms with E-state index in [-0.39, 0.29) is 55.0 Å². The molecule has 7 nitrogen and oxygen atoms in total. The van der Waals surface area contributed by atoms with Crippen LogP contribution in [-0.4, -0.2) is 52.6 Å². The Kier molecular flexibility index (Phi) is 9.69. The molecule has 1 heterocycles. The number of rotatable bonds is 12. The Balaban J connectivity index is 1.58. The lowest BCUT2D eigenvalue weighted by atomic mass is 9.85. The van der Waals surface area contributed by atoms with Gasteiger partial charge in [-0.3, -0.25) is 24.1 Å². The topological polar surface area (TPSA) is 86.8 Å². The largest absolute Gasteiger partial charge is 0.354 e. The van der Waals surface area contributed by atoms with Crippen LogP contribution in [0.15, 0.2) is 66.7 Å². The van der Waals surface area contributed by atoms with Gasteiger partial charge in [-0.15, -0.1) is 0 Å². The molecule has 0 saturated carbocycles. The second kappa shape index (κ2) is 13.4. The molecule has 1 unspecified atom stereocenters. The lowest BCUT2D eigenvalue weighted by Crippen LogP contribution is -2.51. The Morgan fingerprint density at radius 1 is 0.974 bits per heavy atom. The first kappa shape index (κ1) is 28.3. The number of allylic oxidation sites excluding steroid dienone is 2. The lowest BCUT2D eigenvalue weighted by molar-refractivity contribution is -0.144. The number of likely N-dealkylation sites (tertiary alicyclic amines) is 1. The smallest absolute Gasteiger partial charge is 0.243 e. The average Bonchev–Trinajstić information content (AvgIpc) is 3.20. The Bertz CT molecular complexity index is 1180. The van der Waals surface area contributed by atoms with Gasteiger partial charge in [0.1, 0.15) is 6.04 Å². The molecule has 0 radical (unpaired) electrons. The van der Waals surface area contributed by atoms with E-state index in [1.165, 1.54) is 4.90 Å². The van der Waals surface area contributed by atoms with Crippen LogP contribution in [0.2, 0.25) is 0 Å². The standard InChI is InChI=1S/C32H39N3O4/c1-3-4-19-33-30(37)28(21-24-13-6-5-7-14-24)35(22-25-15-9-8-12-23(25)2)29(36)18-20-34-31(38)26-16-10-11-17-27(26)32(34)39/h5-15,26-28H,3-4,16-22H2,1-2H3,(H,33,37)/t26-,27+,28?. The lowest BCUT2D eigenvalue weighted by Gasteiger charge is -2.32. The minimum Gasteiger partial charge on any atom is -0.354 e. The van der Waals surface area contributed by atoms with Crippen LogP contribution in [0.1, 0.15) is 55.7 Å². The van der Waals surface area contributed by atoms with Gasteiger partial charge < -0.3 is 10.2 Å². The van der Waals surface area contributed by atoms with Crippen molar-refractivity contribution in [3.8, 4) is 0 Å². The molecular weight excluding hydrogens is 490 g/mol. The summed E-state index contributed by atoms with van der Waals surface area (Å²) in [5.74, 6) is -1.47. The number of carbonyl (C=O) groups excluding carboxylic acids is 4. The molecule has 0 aromatic heterocycles. The van der Waals surface area contributed by atoms with Crippen LogP contribution < -0.4 is 5.32 Å². The zero-order chi connectivity index (χ0) is 27.8. The normalized spacial score (nSPS) is 19.1. The highest BCUT2D eigenvalue weighted by Crippen LogP contribution is 2.35. The van der Waals surface area contributed by atoms with Crippen LogP contribution in [0.3, 0.4) is 0 Å². The van der Waals surface area contributed by atoms with Crippen molar-refractivity contribution in [1.29, 1.82) is 0 Å². The van der Waals surface area contributed by atoms with E-state index in [0.29, 0.717) is 25.8 Å². The van der Waals surface area contributed by atoms with Crippen molar-refractivity contribution in [1.82, 2.24) is 15.1 Å². The zero-order valence-electron chi connectivity index (χ0n) is 23.0. The first-order valence-electron chi connectivity index (χ1n) is 14.1. The number of benzene rings is 2. The fourth-order valence-corrected chi connectivity index (χ4v) is 5.47. The number of unbranched alkanes of at least 4 members (excludes halogenated alkanes) is 1. The summed E-state index contributed by atoms with van der Waals surface area (Å²) >= 11 is 0. The Morgan fingerprint density at radius 2 is 1.62 bits per heavy atom. The van der Waals surface area contributed by atoms with Crippen molar-refractivity contribution < 1.29 is 19.2 Å². The summed E-state index contributed by atoms with van der Waals surface area (Å²) in [6.07, 6.45) is 7.19. The zero-order valence-corrected chi connectivity index (χ0v) is 23.0. The van der Waals surface area contributed by atoms with Gasteiger partial charge in [-0.05, 0) is 42.9 Å². The SMILES string of the molecule is CCCCNC(=O)C(Cc1ccccc1)N(Cc1ccccc1C)C(=O)CCN1C(=O)[C@H]2CC=CC[C@H]2C1=O. The predicted molar refractivity (Wildman–Crippen MR) is 150 cm³/mol. The van der Waals surface area contributed by atoms with Crippen molar-refractivity contribution in [2.75, 3.05) is 13.1 Å². The van der Waals surface area contributed by atoms with E-state index in [0.717, 1.165) is 29.5 Å². The van der Waals surface area contributed by atoms with E-state index in [1.54, 1.807) is 4.90 Å². The third kappa shape index (κ3) is 6.83. The number of hydrogen-bond donors (Lipinski definition) is 1. The molecule has 0 spiro atoms. The van der Waals surface area contributed by atoms with Gasteiger partial charge in [0.15, 0.2) is 0 Å². The van der Waals surface area contributed by atoms with Crippen LogP contribution in [0.4, 0.5) is 0 Å². The fourth-order valence-electron chi connectivity index (χ4n) is 5.47. The molecule has 4 amide bonds. The molecule has 1 saturated heterocycles. The van der Waals surface area contributed by atoms with E-state index in [2.05, 4.69) is 12.2 Å². The number of nitrogens with zero attached hydrogens (tertiary/aromatic N) is 2. The quantitative estimate of drug-likeness (QED) is 0.254. The minimum absolute atomic E-state index is 0.0240. The van der Waals surface area contributed by atoms with E-state index < -0.39 is 6.04 Å². The molecule has 2 aliphatic rings. The number of fused-ring (bicyclic) bond motifs is 1. The van der Waals surface area contributed by atoms with Gasteiger partial charge in [0, 0.05) is 32.5 Å². The van der Waals surface area contributed by atoms with Crippen molar-refractivity contribution >= 4 is 23.6 Å². The summed E-state index contributed by atoms with van der Waals surface area (Å²) < 4.78 is 0. The molecule has 1 fully saturated rings. The maximum absolute atomic E-state index is 13.9. The highest BCUT2D eigenvalue weighted by molar-refractivity contribution is 6.05. The van der Waals surface area contributed by atoms with Crippen LogP contribution in [0, 0.1) is 18.8 Å². The molecule has 4 rings (SSSR count). The molecule has 2 aromatic carbocycles. The van der Waals surface area contributed by atoms with Crippen LogP contribution in [-0.2, 0) is 32.1 Å². The van der Waals surface area contributed by atoms with Gasteiger partial charge in [0.2, 0.25) is 23.6 Å². The van der Waals surface area contributed by atoms with E-state index in [4.69, 9.17) is 0 Å². The van der Waals surface area contributed by atoms with E-state index in [9.17, 15) is 19.2 Å². The Hall–Kier alpha value is -3.74. The van der Waals surface area contributed by atoms with Crippen molar-refractivity contribution in [3.05, 3.63) is 83.4 Å². The molecule has 1 N–H and O–H groups in total. The van der Waals surface area contributed by atoms with Gasteiger partial charge in [-0.2, -0.15) is 0 Å². The number of nitrogens with one attached hydrogen (secondary N) is 1. The minimum atomic E-state index is -0.729. The molecule has 1 aliphatic heterocycles. The number of imide groups is 1. The van der Waals surface area contributed by atoms with Gasteiger partial charge in [0.25, 0.3) is 0 Å². The summed E-state index contributed by atoms with van der Waals surface area (Å²) in [4.78, 5) is 56.3. The highest BCUT2D eigenvalue weighted by Gasteiger charge is 2.47. The highest BCUT2D eigenvalue weighted by atomic mass is 16.2. The monoisotopic (exact) mass is 529 g/mol. The Labute approximate surface area is 231 Å². The molecule has 1 aliphatic carbocycles. The van der Waals surface area contributed by atoms with Crippen LogP contribution in [0.5, 0.6) is 0 Å². The molecule has 3 atom stereocenters. The second-order valence-electron chi connectivity index (χ2n) is 10.5. The first-order valence-corrected chi connectivity index (χ1v) is 14.1. The molecule has 7 heteroatoms. The van der Waals surface area contributed by atoms with Crippen molar-refractivity contribution in [2.24, 2.45) is 11.8 Å². The summed E-state index contributed by atoms with van der Waals surface area (Å²) in [5.41, 5.74) is 2.94. The predicted octanol–water partition coefficient (Wildman–Crippen LogP) is 4.19. The molecule has 206 valence electrons. The summed E-state index contributed by atoms with van der Waals surface area (Å²) in [7, 11) is 0. The number of hydrogen-bond acceptors (Lipinski definition) is 4. The molecule has 2 aromatic rings. The molecular formula is C32H39N3O4. The maximum atomic E-state index is 13.9. The molecule has 39 heavy (non-hydrogen) atoms. The van der Waals surface area contributed by atoms with E-state index >= 15 is 0 Å². The van der Waals surface area contributed by atoms with Crippen molar-refractivity contribution in [2.45, 2.75) is 65.0 Å². The summed E-state index contributed by atoms with van der Waals surface area (Å²) in [5, 5.41) is 3.03. The second-order valence-corrected chi connectivity index (χ2v) is 10.5. The average molecular weight is 530 g/mol. The third-order valence-corrected chi connectivity index (χ3v) is 7.85. The molecule has 0 bridgehead atoms.